The van der Waals surface area contributed by atoms with Gasteiger partial charge >= 0.3 is 0 Å². The van der Waals surface area contributed by atoms with Gasteiger partial charge in [0, 0.05) is 20.2 Å². The smallest absolute Gasteiger partial charge is 0.0361 e. The van der Waals surface area contributed by atoms with Gasteiger partial charge in [0.15, 0.2) is 0 Å². The lowest BCUT2D eigenvalue weighted by Crippen LogP contribution is -1.89. The summed E-state index contributed by atoms with van der Waals surface area (Å²) >= 11 is 1.88. The number of benzene rings is 9. The summed E-state index contributed by atoms with van der Waals surface area (Å²) in [5, 5.41) is 12.9. The summed E-state index contributed by atoms with van der Waals surface area (Å²) in [4.78, 5) is 0. The van der Waals surface area contributed by atoms with Crippen LogP contribution in [0.5, 0.6) is 0 Å². The summed E-state index contributed by atoms with van der Waals surface area (Å²) in [6.45, 7) is 0. The number of hydrogen-bond donors (Lipinski definition) is 0. The molecule has 0 amide bonds. The van der Waals surface area contributed by atoms with Crippen molar-refractivity contribution in [2.75, 3.05) is 0 Å². The molecule has 0 saturated heterocycles. The molecule has 0 aliphatic carbocycles. The summed E-state index contributed by atoms with van der Waals surface area (Å²) < 4.78 is 2.67. The summed E-state index contributed by atoms with van der Waals surface area (Å²) in [7, 11) is 0. The molecule has 0 aliphatic heterocycles. The van der Waals surface area contributed by atoms with Crippen molar-refractivity contribution in [2.45, 2.75) is 0 Å². The van der Waals surface area contributed by atoms with E-state index in [9.17, 15) is 0 Å². The lowest BCUT2D eigenvalue weighted by atomic mass is 9.87. The Morgan fingerprint density at radius 3 is 1.60 bits per heavy atom. The van der Waals surface area contributed by atoms with E-state index in [1.807, 2.05) is 11.3 Å². The number of fused-ring (bicyclic) bond motifs is 9. The number of rotatable bonds is 3. The van der Waals surface area contributed by atoms with E-state index in [0.717, 1.165) is 0 Å². The second-order valence-corrected chi connectivity index (χ2v) is 13.5. The van der Waals surface area contributed by atoms with Gasteiger partial charge in [0.1, 0.15) is 0 Å². The van der Waals surface area contributed by atoms with Gasteiger partial charge in [-0.2, -0.15) is 0 Å². The molecule has 0 nitrogen and oxygen atoms in total. The second-order valence-electron chi connectivity index (χ2n) is 12.5. The molecule has 0 aliphatic rings. The van der Waals surface area contributed by atoms with Crippen LogP contribution in [0.2, 0.25) is 0 Å². The molecule has 0 N–H and O–H groups in total. The molecule has 1 heterocycles. The van der Waals surface area contributed by atoms with Gasteiger partial charge in [-0.25, -0.2) is 0 Å². The van der Waals surface area contributed by atoms with Crippen molar-refractivity contribution in [3.63, 3.8) is 0 Å². The van der Waals surface area contributed by atoms with Crippen molar-refractivity contribution in [1.29, 1.82) is 0 Å². The predicted molar refractivity (Wildman–Crippen MR) is 206 cm³/mol. The molecular formula is C46H28S. The molecule has 9 aromatic carbocycles. The van der Waals surface area contributed by atoms with Gasteiger partial charge in [0.05, 0.1) is 0 Å². The highest BCUT2D eigenvalue weighted by Gasteiger charge is 2.17. The molecule has 218 valence electrons. The topological polar surface area (TPSA) is 0 Å². The van der Waals surface area contributed by atoms with Crippen LogP contribution in [0.15, 0.2) is 170 Å². The molecule has 10 rings (SSSR count). The van der Waals surface area contributed by atoms with Crippen LogP contribution >= 0.6 is 11.3 Å². The third-order valence-corrected chi connectivity index (χ3v) is 11.0. The minimum Gasteiger partial charge on any atom is -0.135 e. The van der Waals surface area contributed by atoms with E-state index in [-0.39, 0.29) is 0 Å². The van der Waals surface area contributed by atoms with Crippen LogP contribution in [0.25, 0.3) is 96.6 Å². The second kappa shape index (κ2) is 10.4. The Kier molecular flexibility index (Phi) is 5.85. The van der Waals surface area contributed by atoms with E-state index in [0.29, 0.717) is 0 Å². The summed E-state index contributed by atoms with van der Waals surface area (Å²) in [6, 6.07) is 62.8. The van der Waals surface area contributed by atoms with Gasteiger partial charge in [0.2, 0.25) is 0 Å². The maximum absolute atomic E-state index is 2.45. The Labute approximate surface area is 276 Å². The quantitative estimate of drug-likeness (QED) is 0.174. The molecule has 47 heavy (non-hydrogen) atoms. The summed E-state index contributed by atoms with van der Waals surface area (Å²) in [6.07, 6.45) is 0. The van der Waals surface area contributed by atoms with E-state index >= 15 is 0 Å². The standard InChI is InChI=1S/C46H28S/c1-2-11-32-26-33(25-22-29(32)10-1)30-20-23-31(24-21-30)40-27-42-37-15-6-5-14-36(37)41(28-43(42)35-13-4-3-12-34(35)40)38-17-9-19-45-46(38)39-16-7-8-18-44(39)47-45/h1-28H. The maximum Gasteiger partial charge on any atom is 0.0361 e. The largest absolute Gasteiger partial charge is 0.135 e. The van der Waals surface area contributed by atoms with Gasteiger partial charge in [-0.3, -0.25) is 0 Å². The molecule has 0 bridgehead atoms. The van der Waals surface area contributed by atoms with Crippen molar-refractivity contribution in [3.05, 3.63) is 170 Å². The molecule has 0 radical (unpaired) electrons. The Bertz CT molecular complexity index is 2830. The first-order valence-electron chi connectivity index (χ1n) is 16.2. The lowest BCUT2D eigenvalue weighted by Gasteiger charge is -2.17. The normalized spacial score (nSPS) is 11.8. The van der Waals surface area contributed by atoms with Crippen molar-refractivity contribution in [2.24, 2.45) is 0 Å². The molecule has 0 atom stereocenters. The van der Waals surface area contributed by atoms with Gasteiger partial charge in [-0.1, -0.05) is 140 Å². The molecule has 1 heteroatoms. The van der Waals surface area contributed by atoms with Gasteiger partial charge in [0.25, 0.3) is 0 Å². The average molecular weight is 613 g/mol. The van der Waals surface area contributed by atoms with Crippen LogP contribution in [0, 0.1) is 0 Å². The monoisotopic (exact) mass is 612 g/mol. The first-order chi connectivity index (χ1) is 23.3. The highest BCUT2D eigenvalue weighted by atomic mass is 32.1. The van der Waals surface area contributed by atoms with Crippen LogP contribution in [-0.4, -0.2) is 0 Å². The van der Waals surface area contributed by atoms with Gasteiger partial charge in [-0.05, 0) is 107 Å². The summed E-state index contributed by atoms with van der Waals surface area (Å²) in [5.41, 5.74) is 7.56. The Morgan fingerprint density at radius 2 is 0.830 bits per heavy atom. The van der Waals surface area contributed by atoms with Crippen LogP contribution < -0.4 is 0 Å². The highest BCUT2D eigenvalue weighted by Crippen LogP contribution is 2.45. The van der Waals surface area contributed by atoms with E-state index in [2.05, 4.69) is 170 Å². The maximum atomic E-state index is 2.45. The molecule has 0 fully saturated rings. The zero-order valence-electron chi connectivity index (χ0n) is 25.6. The van der Waals surface area contributed by atoms with Crippen LogP contribution in [0.4, 0.5) is 0 Å². The summed E-state index contributed by atoms with van der Waals surface area (Å²) in [5.74, 6) is 0. The van der Waals surface area contributed by atoms with Crippen molar-refractivity contribution < 1.29 is 0 Å². The van der Waals surface area contributed by atoms with Crippen molar-refractivity contribution in [3.8, 4) is 33.4 Å². The number of thiophene rings is 1. The average Bonchev–Trinajstić information content (AvgIpc) is 3.53. The fourth-order valence-corrected chi connectivity index (χ4v) is 8.76. The fourth-order valence-electron chi connectivity index (χ4n) is 7.62. The first-order valence-corrected chi connectivity index (χ1v) is 17.0. The van der Waals surface area contributed by atoms with E-state index < -0.39 is 0 Å². The number of hydrogen-bond acceptors (Lipinski definition) is 1. The van der Waals surface area contributed by atoms with Crippen molar-refractivity contribution in [1.82, 2.24) is 0 Å². The molecule has 10 aromatic rings. The first kappa shape index (κ1) is 26.5. The minimum atomic E-state index is 1.23. The van der Waals surface area contributed by atoms with Gasteiger partial charge < -0.3 is 0 Å². The predicted octanol–water partition coefficient (Wildman–Crippen LogP) is 13.7. The van der Waals surface area contributed by atoms with Gasteiger partial charge in [-0.15, -0.1) is 11.3 Å². The van der Waals surface area contributed by atoms with E-state index in [4.69, 9.17) is 0 Å². The van der Waals surface area contributed by atoms with E-state index in [1.54, 1.807) is 0 Å². The fraction of sp³-hybridized carbons (Fsp3) is 0. The lowest BCUT2D eigenvalue weighted by molar-refractivity contribution is 1.63. The van der Waals surface area contributed by atoms with Crippen LogP contribution in [0.3, 0.4) is 0 Å². The van der Waals surface area contributed by atoms with Crippen molar-refractivity contribution >= 4 is 74.6 Å². The Morgan fingerprint density at radius 1 is 0.277 bits per heavy atom. The zero-order chi connectivity index (χ0) is 30.9. The molecule has 0 spiro atoms. The highest BCUT2D eigenvalue weighted by molar-refractivity contribution is 7.25. The Hall–Kier alpha value is -5.76. The molecular weight excluding hydrogens is 585 g/mol. The van der Waals surface area contributed by atoms with Crippen LogP contribution in [-0.2, 0) is 0 Å². The molecule has 1 aromatic heterocycles. The minimum absolute atomic E-state index is 1.23. The zero-order valence-corrected chi connectivity index (χ0v) is 26.4. The SMILES string of the molecule is c1ccc2cc(-c3ccc(-c4cc5c6ccccc6c(-c6cccc7sc8ccccc8c67)cc5c5ccccc45)cc3)ccc2c1. The van der Waals surface area contributed by atoms with Crippen LogP contribution in [0.1, 0.15) is 0 Å². The molecule has 0 saturated carbocycles. The third kappa shape index (κ3) is 4.14. The van der Waals surface area contributed by atoms with E-state index in [1.165, 1.54) is 96.6 Å². The Balaban J connectivity index is 1.20. The molecule has 0 unspecified atom stereocenters. The third-order valence-electron chi connectivity index (χ3n) is 9.85.